The van der Waals surface area contributed by atoms with Gasteiger partial charge in [0, 0.05) is 24.7 Å². The Morgan fingerprint density at radius 1 is 1.33 bits per heavy atom. The summed E-state index contributed by atoms with van der Waals surface area (Å²) in [7, 11) is 0. The highest BCUT2D eigenvalue weighted by atomic mass is 16.1. The number of hydrogen-bond donors (Lipinski definition) is 2. The molecule has 1 amide bonds. The first-order chi connectivity index (χ1) is 7.08. The number of piperidine rings is 1. The highest BCUT2D eigenvalue weighted by molar-refractivity contribution is 5.77. The molecule has 0 spiro atoms. The normalized spacial score (nSPS) is 42.3. The summed E-state index contributed by atoms with van der Waals surface area (Å²) in [6.45, 7) is 3.08. The van der Waals surface area contributed by atoms with Gasteiger partial charge in [0.05, 0.1) is 5.92 Å². The lowest BCUT2D eigenvalue weighted by atomic mass is 9.82. The number of likely N-dealkylation sites (tertiary alicyclic amines) is 1. The molecular formula is C11H21N3O. The van der Waals surface area contributed by atoms with Crippen molar-refractivity contribution in [1.82, 2.24) is 4.90 Å². The zero-order valence-corrected chi connectivity index (χ0v) is 9.36. The van der Waals surface area contributed by atoms with Crippen molar-refractivity contribution < 1.29 is 4.79 Å². The molecule has 0 aromatic heterocycles. The van der Waals surface area contributed by atoms with Gasteiger partial charge < -0.3 is 11.5 Å². The van der Waals surface area contributed by atoms with E-state index in [9.17, 15) is 4.79 Å². The molecule has 4 N–H and O–H groups in total. The Hall–Kier alpha value is -0.610. The number of nitrogens with two attached hydrogens (primary N) is 2. The van der Waals surface area contributed by atoms with Crippen LogP contribution in [0, 0.1) is 5.92 Å². The summed E-state index contributed by atoms with van der Waals surface area (Å²) in [6, 6.07) is 1.55. The maximum absolute atomic E-state index is 11.2. The first-order valence-electron chi connectivity index (χ1n) is 5.88. The molecule has 4 heteroatoms. The van der Waals surface area contributed by atoms with Crippen LogP contribution in [0.3, 0.4) is 0 Å². The van der Waals surface area contributed by atoms with Crippen LogP contribution in [0.15, 0.2) is 0 Å². The molecule has 1 aliphatic carbocycles. The van der Waals surface area contributed by atoms with Gasteiger partial charge in [-0.3, -0.25) is 9.69 Å². The third-order valence-electron chi connectivity index (χ3n) is 3.95. The van der Waals surface area contributed by atoms with Gasteiger partial charge in [0.25, 0.3) is 0 Å². The molecule has 86 valence electrons. The topological polar surface area (TPSA) is 72.4 Å². The molecule has 1 saturated heterocycles. The van der Waals surface area contributed by atoms with E-state index in [1.165, 1.54) is 0 Å². The SMILES string of the molecule is CC1CCC(C(N)=O)CN1C1CC(N)C1. The molecule has 2 aliphatic rings. The average molecular weight is 211 g/mol. The fraction of sp³-hybridized carbons (Fsp3) is 0.909. The molecule has 0 radical (unpaired) electrons. The number of primary amides is 1. The van der Waals surface area contributed by atoms with Crippen LogP contribution in [0.5, 0.6) is 0 Å². The summed E-state index contributed by atoms with van der Waals surface area (Å²) in [6.07, 6.45) is 4.19. The van der Waals surface area contributed by atoms with E-state index in [2.05, 4.69) is 11.8 Å². The molecule has 0 aromatic carbocycles. The number of carbonyl (C=O) groups is 1. The minimum atomic E-state index is -0.143. The van der Waals surface area contributed by atoms with Gasteiger partial charge in [-0.05, 0) is 32.6 Å². The summed E-state index contributed by atoms with van der Waals surface area (Å²) < 4.78 is 0. The Morgan fingerprint density at radius 2 is 2.00 bits per heavy atom. The second kappa shape index (κ2) is 4.10. The van der Waals surface area contributed by atoms with Gasteiger partial charge in [-0.1, -0.05) is 0 Å². The molecule has 2 atom stereocenters. The van der Waals surface area contributed by atoms with Crippen LogP contribution in [-0.2, 0) is 4.79 Å². The van der Waals surface area contributed by atoms with E-state index in [0.717, 1.165) is 32.2 Å². The molecular weight excluding hydrogens is 190 g/mol. The Bertz CT molecular complexity index is 250. The summed E-state index contributed by atoms with van der Waals surface area (Å²) in [5.74, 6) is -0.0893. The third kappa shape index (κ3) is 2.16. The van der Waals surface area contributed by atoms with Gasteiger partial charge in [0.15, 0.2) is 0 Å². The molecule has 1 saturated carbocycles. The largest absolute Gasteiger partial charge is 0.369 e. The van der Waals surface area contributed by atoms with E-state index in [4.69, 9.17) is 11.5 Å². The zero-order valence-electron chi connectivity index (χ0n) is 9.36. The molecule has 1 aliphatic heterocycles. The minimum Gasteiger partial charge on any atom is -0.369 e. The van der Waals surface area contributed by atoms with Gasteiger partial charge >= 0.3 is 0 Å². The molecule has 15 heavy (non-hydrogen) atoms. The maximum Gasteiger partial charge on any atom is 0.221 e. The van der Waals surface area contributed by atoms with Crippen LogP contribution in [0.25, 0.3) is 0 Å². The lowest BCUT2D eigenvalue weighted by molar-refractivity contribution is -0.124. The average Bonchev–Trinajstić information content (AvgIpc) is 2.14. The Kier molecular flexibility index (Phi) is 2.98. The first-order valence-corrected chi connectivity index (χ1v) is 5.88. The fourth-order valence-corrected chi connectivity index (χ4v) is 2.78. The second-order valence-electron chi connectivity index (χ2n) is 5.11. The molecule has 1 heterocycles. The van der Waals surface area contributed by atoms with Crippen molar-refractivity contribution in [2.45, 2.75) is 50.7 Å². The lowest BCUT2D eigenvalue weighted by Gasteiger charge is -2.48. The van der Waals surface area contributed by atoms with E-state index in [1.807, 2.05) is 0 Å². The Balaban J connectivity index is 1.93. The monoisotopic (exact) mass is 211 g/mol. The second-order valence-corrected chi connectivity index (χ2v) is 5.11. The van der Waals surface area contributed by atoms with E-state index in [1.54, 1.807) is 0 Å². The first kappa shape index (κ1) is 10.9. The van der Waals surface area contributed by atoms with E-state index < -0.39 is 0 Å². The standard InChI is InChI=1S/C11H21N3O/c1-7-2-3-8(11(13)15)6-14(7)10-4-9(12)5-10/h7-10H,2-6,12H2,1H3,(H2,13,15). The number of nitrogens with zero attached hydrogens (tertiary/aromatic N) is 1. The summed E-state index contributed by atoms with van der Waals surface area (Å²) >= 11 is 0. The smallest absolute Gasteiger partial charge is 0.221 e. The summed E-state index contributed by atoms with van der Waals surface area (Å²) in [5.41, 5.74) is 11.2. The molecule has 2 fully saturated rings. The number of rotatable bonds is 2. The maximum atomic E-state index is 11.2. The Morgan fingerprint density at radius 3 is 2.53 bits per heavy atom. The van der Waals surface area contributed by atoms with Gasteiger partial charge in [0.2, 0.25) is 5.91 Å². The van der Waals surface area contributed by atoms with E-state index in [0.29, 0.717) is 18.1 Å². The summed E-state index contributed by atoms with van der Waals surface area (Å²) in [4.78, 5) is 13.6. The van der Waals surface area contributed by atoms with Crippen molar-refractivity contribution in [2.24, 2.45) is 17.4 Å². The fourth-order valence-electron chi connectivity index (χ4n) is 2.78. The number of amides is 1. The van der Waals surface area contributed by atoms with Crippen LogP contribution in [0.2, 0.25) is 0 Å². The van der Waals surface area contributed by atoms with Crippen molar-refractivity contribution in [3.8, 4) is 0 Å². The van der Waals surface area contributed by atoms with Crippen LogP contribution in [0.4, 0.5) is 0 Å². The number of carbonyl (C=O) groups excluding carboxylic acids is 1. The zero-order chi connectivity index (χ0) is 11.0. The van der Waals surface area contributed by atoms with Gasteiger partial charge in [-0.15, -0.1) is 0 Å². The Labute approximate surface area is 91.0 Å². The van der Waals surface area contributed by atoms with Crippen LogP contribution >= 0.6 is 0 Å². The van der Waals surface area contributed by atoms with E-state index >= 15 is 0 Å². The highest BCUT2D eigenvalue weighted by Gasteiger charge is 2.38. The minimum absolute atomic E-state index is 0.0537. The quantitative estimate of drug-likeness (QED) is 0.678. The van der Waals surface area contributed by atoms with Gasteiger partial charge in [-0.25, -0.2) is 0 Å². The van der Waals surface area contributed by atoms with Gasteiger partial charge in [0.1, 0.15) is 0 Å². The van der Waals surface area contributed by atoms with Crippen molar-refractivity contribution >= 4 is 5.91 Å². The van der Waals surface area contributed by atoms with Crippen LogP contribution in [0.1, 0.15) is 32.6 Å². The van der Waals surface area contributed by atoms with Crippen LogP contribution in [-0.4, -0.2) is 35.5 Å². The molecule has 2 rings (SSSR count). The predicted molar refractivity (Wildman–Crippen MR) is 59.1 cm³/mol. The van der Waals surface area contributed by atoms with Crippen molar-refractivity contribution in [1.29, 1.82) is 0 Å². The van der Waals surface area contributed by atoms with Crippen molar-refractivity contribution in [3.05, 3.63) is 0 Å². The molecule has 0 bridgehead atoms. The lowest BCUT2D eigenvalue weighted by Crippen LogP contribution is -2.57. The third-order valence-corrected chi connectivity index (χ3v) is 3.95. The predicted octanol–water partition coefficient (Wildman–Crippen LogP) is 0.0619. The van der Waals surface area contributed by atoms with Gasteiger partial charge in [-0.2, -0.15) is 0 Å². The summed E-state index contributed by atoms with van der Waals surface area (Å²) in [5, 5.41) is 0. The molecule has 0 aromatic rings. The molecule has 4 nitrogen and oxygen atoms in total. The van der Waals surface area contributed by atoms with Crippen molar-refractivity contribution in [2.75, 3.05) is 6.54 Å². The highest BCUT2D eigenvalue weighted by Crippen LogP contribution is 2.31. The van der Waals surface area contributed by atoms with Crippen LogP contribution < -0.4 is 11.5 Å². The van der Waals surface area contributed by atoms with Crippen molar-refractivity contribution in [3.63, 3.8) is 0 Å². The molecule has 2 unspecified atom stereocenters. The number of hydrogen-bond acceptors (Lipinski definition) is 3. The van der Waals surface area contributed by atoms with E-state index in [-0.39, 0.29) is 11.8 Å².